The number of benzene rings is 2. The van der Waals surface area contributed by atoms with Crippen molar-refractivity contribution in [1.29, 1.82) is 0 Å². The van der Waals surface area contributed by atoms with Gasteiger partial charge < -0.3 is 20.1 Å². The number of hydrogen-bond acceptors (Lipinski definition) is 5. The zero-order chi connectivity index (χ0) is 21.7. The summed E-state index contributed by atoms with van der Waals surface area (Å²) in [6.07, 6.45) is 0. The Labute approximate surface area is 216 Å². The minimum atomic E-state index is 0. The lowest BCUT2D eigenvalue weighted by Crippen LogP contribution is -2.36. The topological polar surface area (TPSA) is 55.4 Å². The number of nitrogens with one attached hydrogen (secondary N) is 2. The fourth-order valence-electron chi connectivity index (χ4n) is 3.64. The van der Waals surface area contributed by atoms with Gasteiger partial charge in [-0.2, -0.15) is 0 Å². The van der Waals surface area contributed by atoms with Crippen molar-refractivity contribution in [2.24, 2.45) is 0 Å². The van der Waals surface area contributed by atoms with Gasteiger partial charge >= 0.3 is 0 Å². The molecule has 2 unspecified atom stereocenters. The highest BCUT2D eigenvalue weighted by Gasteiger charge is 2.08. The van der Waals surface area contributed by atoms with Crippen LogP contribution in [0, 0.1) is 0 Å². The number of nitrogens with zero attached hydrogens (tertiary/aromatic N) is 1. The highest BCUT2D eigenvalue weighted by atomic mass is 35.5. The van der Waals surface area contributed by atoms with Gasteiger partial charge in [-0.3, -0.25) is 0 Å². The van der Waals surface area contributed by atoms with E-state index in [1.54, 1.807) is 0 Å². The van der Waals surface area contributed by atoms with Crippen molar-refractivity contribution < 1.29 is 9.47 Å². The van der Waals surface area contributed by atoms with E-state index < -0.39 is 0 Å². The Bertz CT molecular complexity index is 911. The molecule has 5 nitrogen and oxygen atoms in total. The second-order valence-electron chi connectivity index (χ2n) is 8.76. The van der Waals surface area contributed by atoms with Gasteiger partial charge in [0.25, 0.3) is 0 Å². The first-order valence-corrected chi connectivity index (χ1v) is 10.9. The molecule has 0 spiro atoms. The summed E-state index contributed by atoms with van der Waals surface area (Å²) in [6, 6.07) is 15.8. The second kappa shape index (κ2) is 14.7. The maximum atomic E-state index is 5.97. The highest BCUT2D eigenvalue weighted by molar-refractivity contribution is 5.93. The van der Waals surface area contributed by atoms with Crippen LogP contribution >= 0.6 is 37.2 Å². The first kappa shape index (κ1) is 31.5. The van der Waals surface area contributed by atoms with Crippen LogP contribution in [0.25, 0.3) is 21.8 Å². The summed E-state index contributed by atoms with van der Waals surface area (Å²) in [7, 11) is 0. The maximum Gasteiger partial charge on any atom is 0.121 e. The molecule has 0 amide bonds. The molecule has 8 heteroatoms. The molecular formula is C25H38Cl3N3O2. The molecule has 186 valence electrons. The van der Waals surface area contributed by atoms with E-state index in [2.05, 4.69) is 70.4 Å². The van der Waals surface area contributed by atoms with E-state index in [0.717, 1.165) is 33.3 Å². The van der Waals surface area contributed by atoms with E-state index in [1.807, 2.05) is 24.3 Å². The van der Waals surface area contributed by atoms with E-state index in [-0.39, 0.29) is 49.3 Å². The molecule has 0 fully saturated rings. The van der Waals surface area contributed by atoms with Gasteiger partial charge in [-0.1, -0.05) is 27.7 Å². The molecule has 2 atom stereocenters. The van der Waals surface area contributed by atoms with Crippen molar-refractivity contribution in [3.63, 3.8) is 0 Å². The van der Waals surface area contributed by atoms with Crippen LogP contribution in [0.4, 0.5) is 0 Å². The smallest absolute Gasteiger partial charge is 0.121 e. The number of hydrogen-bond donors (Lipinski definition) is 2. The first-order valence-electron chi connectivity index (χ1n) is 10.9. The van der Waals surface area contributed by atoms with Gasteiger partial charge in [0.1, 0.15) is 24.7 Å². The number of ether oxygens (including phenoxy) is 2. The van der Waals surface area contributed by atoms with Crippen molar-refractivity contribution in [3.8, 4) is 11.5 Å². The van der Waals surface area contributed by atoms with Crippen molar-refractivity contribution in [2.45, 2.75) is 65.7 Å². The number of rotatable bonds is 10. The summed E-state index contributed by atoms with van der Waals surface area (Å²) >= 11 is 0. The number of fused-ring (bicyclic) bond motifs is 2. The molecule has 3 aromatic rings. The molecule has 1 heterocycles. The average molecular weight is 519 g/mol. The van der Waals surface area contributed by atoms with Crippen LogP contribution in [0.1, 0.15) is 41.5 Å². The van der Waals surface area contributed by atoms with E-state index in [1.165, 1.54) is 0 Å². The SMILES string of the molecule is CC(C)NC(C)COc1ccc2cc3ccc(OCC(C)NC(C)C)cc3nc2c1.Cl.Cl.Cl. The molecule has 0 bridgehead atoms. The Morgan fingerprint density at radius 1 is 0.636 bits per heavy atom. The van der Waals surface area contributed by atoms with Crippen molar-refractivity contribution >= 4 is 59.0 Å². The van der Waals surface area contributed by atoms with E-state index >= 15 is 0 Å². The van der Waals surface area contributed by atoms with Crippen molar-refractivity contribution in [1.82, 2.24) is 15.6 Å². The van der Waals surface area contributed by atoms with Gasteiger partial charge in [-0.15, -0.1) is 37.2 Å². The van der Waals surface area contributed by atoms with E-state index in [4.69, 9.17) is 14.5 Å². The molecule has 0 saturated carbocycles. The summed E-state index contributed by atoms with van der Waals surface area (Å²) < 4.78 is 11.9. The summed E-state index contributed by atoms with van der Waals surface area (Å²) in [5.41, 5.74) is 1.85. The van der Waals surface area contributed by atoms with Crippen LogP contribution in [0.3, 0.4) is 0 Å². The third kappa shape index (κ3) is 9.71. The third-order valence-electron chi connectivity index (χ3n) is 4.79. The summed E-state index contributed by atoms with van der Waals surface area (Å²) in [6.45, 7) is 14.1. The molecule has 0 aliphatic rings. The molecule has 0 aliphatic heterocycles. The standard InChI is InChI=1S/C25H35N3O2.3ClH/c1-16(2)26-18(5)14-29-22-9-7-20-11-21-8-10-23(13-25(21)28-24(20)12-22)30-15-19(6)27-17(3)4;;;/h7-13,16-19,26-27H,14-15H2,1-6H3;3*1H. The predicted octanol–water partition coefficient (Wildman–Crippen LogP) is 6.18. The van der Waals surface area contributed by atoms with Crippen LogP contribution in [0.2, 0.25) is 0 Å². The Balaban J connectivity index is 0.00000341. The van der Waals surface area contributed by atoms with Crippen LogP contribution in [0.15, 0.2) is 42.5 Å². The predicted molar refractivity (Wildman–Crippen MR) is 147 cm³/mol. The Hall–Kier alpha value is -1.50. The van der Waals surface area contributed by atoms with Crippen LogP contribution in [0.5, 0.6) is 11.5 Å². The minimum absolute atomic E-state index is 0. The maximum absolute atomic E-state index is 5.97. The van der Waals surface area contributed by atoms with Crippen LogP contribution in [-0.4, -0.2) is 42.4 Å². The largest absolute Gasteiger partial charge is 0.492 e. The lowest BCUT2D eigenvalue weighted by molar-refractivity contribution is 0.266. The quantitative estimate of drug-likeness (QED) is 0.314. The molecule has 2 N–H and O–H groups in total. The fraction of sp³-hybridized carbons (Fsp3) is 0.480. The number of pyridine rings is 1. The summed E-state index contributed by atoms with van der Waals surface area (Å²) in [4.78, 5) is 4.86. The molecule has 0 radical (unpaired) electrons. The third-order valence-corrected chi connectivity index (χ3v) is 4.79. The van der Waals surface area contributed by atoms with Gasteiger partial charge in [0.05, 0.1) is 11.0 Å². The monoisotopic (exact) mass is 517 g/mol. The minimum Gasteiger partial charge on any atom is -0.492 e. The molecule has 0 saturated heterocycles. The lowest BCUT2D eigenvalue weighted by Gasteiger charge is -2.18. The summed E-state index contributed by atoms with van der Waals surface area (Å²) in [5, 5.41) is 9.11. The number of halogens is 3. The normalized spacial score (nSPS) is 12.6. The first-order chi connectivity index (χ1) is 14.3. The molecular weight excluding hydrogens is 481 g/mol. The van der Waals surface area contributed by atoms with Gasteiger partial charge in [0.15, 0.2) is 0 Å². The van der Waals surface area contributed by atoms with E-state index in [0.29, 0.717) is 25.3 Å². The Morgan fingerprint density at radius 3 is 1.39 bits per heavy atom. The summed E-state index contributed by atoms with van der Waals surface area (Å²) in [5.74, 6) is 1.68. The molecule has 2 aromatic carbocycles. The van der Waals surface area contributed by atoms with Crippen molar-refractivity contribution in [3.05, 3.63) is 42.5 Å². The van der Waals surface area contributed by atoms with Crippen LogP contribution in [-0.2, 0) is 0 Å². The fourth-order valence-corrected chi connectivity index (χ4v) is 3.64. The van der Waals surface area contributed by atoms with Gasteiger partial charge in [0, 0.05) is 47.1 Å². The Morgan fingerprint density at radius 2 is 1.03 bits per heavy atom. The van der Waals surface area contributed by atoms with Gasteiger partial charge in [-0.25, -0.2) is 4.98 Å². The second-order valence-corrected chi connectivity index (χ2v) is 8.76. The van der Waals surface area contributed by atoms with Crippen LogP contribution < -0.4 is 20.1 Å². The molecule has 1 aromatic heterocycles. The van der Waals surface area contributed by atoms with Gasteiger partial charge in [0.2, 0.25) is 0 Å². The Kier molecular flexibility index (Phi) is 14.0. The molecule has 3 rings (SSSR count). The highest BCUT2D eigenvalue weighted by Crippen LogP contribution is 2.26. The lowest BCUT2D eigenvalue weighted by atomic mass is 10.1. The molecule has 33 heavy (non-hydrogen) atoms. The zero-order valence-electron chi connectivity index (χ0n) is 20.3. The van der Waals surface area contributed by atoms with E-state index in [9.17, 15) is 0 Å². The average Bonchev–Trinajstić information content (AvgIpc) is 2.68. The zero-order valence-corrected chi connectivity index (χ0v) is 22.7. The van der Waals surface area contributed by atoms with Gasteiger partial charge in [-0.05, 0) is 44.2 Å². The number of aromatic nitrogens is 1. The molecule has 0 aliphatic carbocycles. The van der Waals surface area contributed by atoms with Crippen molar-refractivity contribution in [2.75, 3.05) is 13.2 Å².